The van der Waals surface area contributed by atoms with Crippen LogP contribution < -0.4 is 4.74 Å². The van der Waals surface area contributed by atoms with Gasteiger partial charge in [0, 0.05) is 5.41 Å². The Labute approximate surface area is 178 Å². The van der Waals surface area contributed by atoms with Crippen LogP contribution in [0.25, 0.3) is 0 Å². The van der Waals surface area contributed by atoms with Crippen LogP contribution in [0.5, 0.6) is 5.75 Å². The Bertz CT molecular complexity index is 884. The van der Waals surface area contributed by atoms with Crippen molar-refractivity contribution in [2.75, 3.05) is 20.3 Å². The molecular formula is C25H30O5. The van der Waals surface area contributed by atoms with Crippen molar-refractivity contribution in [1.82, 2.24) is 0 Å². The fourth-order valence-corrected chi connectivity index (χ4v) is 4.60. The van der Waals surface area contributed by atoms with Crippen LogP contribution in [-0.4, -0.2) is 32.3 Å². The second kappa shape index (κ2) is 8.90. The van der Waals surface area contributed by atoms with Crippen molar-refractivity contribution in [2.24, 2.45) is 5.41 Å². The van der Waals surface area contributed by atoms with Crippen LogP contribution in [-0.2, 0) is 30.9 Å². The highest BCUT2D eigenvalue weighted by Crippen LogP contribution is 2.49. The fourth-order valence-electron chi connectivity index (χ4n) is 4.60. The van der Waals surface area contributed by atoms with Crippen molar-refractivity contribution in [3.05, 3.63) is 65.2 Å². The highest BCUT2D eigenvalue weighted by molar-refractivity contribution is 6.00. The van der Waals surface area contributed by atoms with Crippen molar-refractivity contribution in [2.45, 2.75) is 45.4 Å². The number of hydrogen-bond acceptors (Lipinski definition) is 5. The maximum absolute atomic E-state index is 13.2. The van der Waals surface area contributed by atoms with Crippen LogP contribution in [0.15, 0.2) is 48.5 Å². The van der Waals surface area contributed by atoms with Gasteiger partial charge in [0.25, 0.3) is 0 Å². The molecule has 0 heterocycles. The number of ether oxygens (including phenoxy) is 3. The highest BCUT2D eigenvalue weighted by atomic mass is 16.6. The number of rotatable bonds is 6. The van der Waals surface area contributed by atoms with Gasteiger partial charge in [-0.25, -0.2) is 0 Å². The molecule has 0 spiro atoms. The normalized spacial score (nSPS) is 19.9. The molecule has 0 saturated carbocycles. The van der Waals surface area contributed by atoms with E-state index in [1.807, 2.05) is 36.4 Å². The Kier molecular flexibility index (Phi) is 6.49. The summed E-state index contributed by atoms with van der Waals surface area (Å²) in [4.78, 5) is 26.4. The molecule has 2 aromatic rings. The summed E-state index contributed by atoms with van der Waals surface area (Å²) in [5.41, 5.74) is 1.31. The van der Waals surface area contributed by atoms with E-state index in [1.165, 1.54) is 0 Å². The van der Waals surface area contributed by atoms with E-state index in [2.05, 4.69) is 19.1 Å². The number of benzene rings is 2. The van der Waals surface area contributed by atoms with E-state index in [4.69, 9.17) is 14.2 Å². The Hall–Kier alpha value is -2.82. The largest absolute Gasteiger partial charge is 0.497 e. The van der Waals surface area contributed by atoms with E-state index in [-0.39, 0.29) is 19.6 Å². The molecule has 0 bridgehead atoms. The predicted octanol–water partition coefficient (Wildman–Crippen LogP) is 4.45. The third-order valence-corrected chi connectivity index (χ3v) is 6.15. The average molecular weight is 411 g/mol. The Morgan fingerprint density at radius 1 is 0.933 bits per heavy atom. The Balaban J connectivity index is 2.20. The molecule has 0 fully saturated rings. The first-order chi connectivity index (χ1) is 14.4. The Morgan fingerprint density at radius 2 is 1.53 bits per heavy atom. The second-order valence-corrected chi connectivity index (χ2v) is 7.92. The number of aryl methyl sites for hydroxylation is 1. The van der Waals surface area contributed by atoms with Gasteiger partial charge in [-0.15, -0.1) is 0 Å². The summed E-state index contributed by atoms with van der Waals surface area (Å²) in [6, 6.07) is 16.0. The number of hydrogen-bond donors (Lipinski definition) is 0. The summed E-state index contributed by atoms with van der Waals surface area (Å²) in [5, 5.41) is 0. The Morgan fingerprint density at radius 3 is 2.10 bits per heavy atom. The average Bonchev–Trinajstić information content (AvgIpc) is 2.90. The zero-order chi connectivity index (χ0) is 21.8. The van der Waals surface area contributed by atoms with Gasteiger partial charge in [-0.3, -0.25) is 9.59 Å². The maximum Gasteiger partial charge on any atom is 0.323 e. The summed E-state index contributed by atoms with van der Waals surface area (Å²) < 4.78 is 16.1. The smallest absolute Gasteiger partial charge is 0.323 e. The molecule has 1 unspecified atom stereocenters. The second-order valence-electron chi connectivity index (χ2n) is 7.92. The zero-order valence-electron chi connectivity index (χ0n) is 18.2. The minimum Gasteiger partial charge on any atom is -0.497 e. The molecule has 0 radical (unpaired) electrons. The summed E-state index contributed by atoms with van der Waals surface area (Å²) in [7, 11) is 1.63. The van der Waals surface area contributed by atoms with E-state index < -0.39 is 22.8 Å². The first-order valence-electron chi connectivity index (χ1n) is 10.5. The molecule has 0 N–H and O–H groups in total. The van der Waals surface area contributed by atoms with Gasteiger partial charge in [-0.2, -0.15) is 0 Å². The zero-order valence-corrected chi connectivity index (χ0v) is 18.2. The van der Waals surface area contributed by atoms with Gasteiger partial charge in [0.2, 0.25) is 0 Å². The molecule has 5 heteroatoms. The number of carbonyl (C=O) groups excluding carboxylic acids is 2. The third kappa shape index (κ3) is 3.81. The highest BCUT2D eigenvalue weighted by Gasteiger charge is 2.55. The van der Waals surface area contributed by atoms with Crippen molar-refractivity contribution >= 4 is 11.9 Å². The van der Waals surface area contributed by atoms with Crippen molar-refractivity contribution in [3.63, 3.8) is 0 Å². The molecule has 5 nitrogen and oxygen atoms in total. The first kappa shape index (κ1) is 21.9. The summed E-state index contributed by atoms with van der Waals surface area (Å²) in [6.07, 6.45) is 1.23. The molecule has 1 aliphatic carbocycles. The molecule has 0 saturated heterocycles. The van der Waals surface area contributed by atoms with Gasteiger partial charge < -0.3 is 14.2 Å². The third-order valence-electron chi connectivity index (χ3n) is 6.15. The van der Waals surface area contributed by atoms with Gasteiger partial charge in [0.05, 0.1) is 20.3 Å². The summed E-state index contributed by atoms with van der Waals surface area (Å²) in [6.45, 7) is 6.03. The standard InChI is InChI=1S/C25H30O5/c1-5-29-22(26)25(23(27)30-6-2)16-15-18-9-7-8-10-21(18)24(3,17-25)19-11-13-20(28-4)14-12-19/h7-14H,5-6,15-17H2,1-4H3. The predicted molar refractivity (Wildman–Crippen MR) is 115 cm³/mol. The van der Waals surface area contributed by atoms with Gasteiger partial charge in [-0.05, 0) is 61.9 Å². The molecule has 0 aliphatic heterocycles. The quantitative estimate of drug-likeness (QED) is 0.400. The molecule has 2 aromatic carbocycles. The topological polar surface area (TPSA) is 61.8 Å². The SMILES string of the molecule is CCOC(=O)C1(C(=O)OCC)CCc2ccccc2C(C)(c2ccc(OC)cc2)C1. The molecule has 160 valence electrons. The van der Waals surface area contributed by atoms with Gasteiger partial charge >= 0.3 is 11.9 Å². The van der Waals surface area contributed by atoms with Crippen LogP contribution in [0, 0.1) is 5.41 Å². The summed E-state index contributed by atoms with van der Waals surface area (Å²) in [5.74, 6) is -0.252. The minimum absolute atomic E-state index is 0.214. The lowest BCUT2D eigenvalue weighted by atomic mass is 9.65. The lowest BCUT2D eigenvalue weighted by molar-refractivity contribution is -0.174. The van der Waals surface area contributed by atoms with Crippen molar-refractivity contribution < 1.29 is 23.8 Å². The number of fused-ring (bicyclic) bond motifs is 1. The van der Waals surface area contributed by atoms with E-state index in [1.54, 1.807) is 21.0 Å². The molecule has 3 rings (SSSR count). The van der Waals surface area contributed by atoms with E-state index >= 15 is 0 Å². The monoisotopic (exact) mass is 410 g/mol. The molecule has 1 aliphatic rings. The van der Waals surface area contributed by atoms with Crippen LogP contribution in [0.1, 0.15) is 50.3 Å². The molecule has 1 atom stereocenters. The van der Waals surface area contributed by atoms with Crippen LogP contribution in [0.3, 0.4) is 0 Å². The number of methoxy groups -OCH3 is 1. The van der Waals surface area contributed by atoms with Crippen LogP contribution in [0.2, 0.25) is 0 Å². The van der Waals surface area contributed by atoms with E-state index in [9.17, 15) is 9.59 Å². The lowest BCUT2D eigenvalue weighted by Crippen LogP contribution is -2.46. The number of carbonyl (C=O) groups is 2. The van der Waals surface area contributed by atoms with Crippen molar-refractivity contribution in [1.29, 1.82) is 0 Å². The van der Waals surface area contributed by atoms with Crippen LogP contribution in [0.4, 0.5) is 0 Å². The minimum atomic E-state index is -1.36. The van der Waals surface area contributed by atoms with Crippen LogP contribution >= 0.6 is 0 Å². The molecule has 0 aromatic heterocycles. The van der Waals surface area contributed by atoms with Crippen molar-refractivity contribution in [3.8, 4) is 5.75 Å². The lowest BCUT2D eigenvalue weighted by Gasteiger charge is -2.37. The number of esters is 2. The van der Waals surface area contributed by atoms with Gasteiger partial charge in [0.15, 0.2) is 5.41 Å². The van der Waals surface area contributed by atoms with Gasteiger partial charge in [-0.1, -0.05) is 43.3 Å². The molecule has 30 heavy (non-hydrogen) atoms. The summed E-state index contributed by atoms with van der Waals surface area (Å²) >= 11 is 0. The van der Waals surface area contributed by atoms with E-state index in [0.717, 1.165) is 22.4 Å². The van der Waals surface area contributed by atoms with E-state index in [0.29, 0.717) is 12.8 Å². The molecular weight excluding hydrogens is 380 g/mol. The molecule has 0 amide bonds. The fraction of sp³-hybridized carbons (Fsp3) is 0.440. The van der Waals surface area contributed by atoms with Gasteiger partial charge in [0.1, 0.15) is 5.75 Å². The maximum atomic E-state index is 13.2. The first-order valence-corrected chi connectivity index (χ1v) is 10.5.